The summed E-state index contributed by atoms with van der Waals surface area (Å²) >= 11 is 0. The number of benzene rings is 2. The molecule has 0 fully saturated rings. The van der Waals surface area contributed by atoms with Gasteiger partial charge in [0.15, 0.2) is 5.82 Å². The number of rotatable bonds is 4. The summed E-state index contributed by atoms with van der Waals surface area (Å²) in [5, 5.41) is 8.45. The third kappa shape index (κ3) is 3.47. The van der Waals surface area contributed by atoms with Gasteiger partial charge in [-0.3, -0.25) is 14.9 Å². The van der Waals surface area contributed by atoms with Crippen LogP contribution in [0.2, 0.25) is 0 Å². The van der Waals surface area contributed by atoms with E-state index >= 15 is 0 Å². The highest BCUT2D eigenvalue weighted by Gasteiger charge is 2.35. The first kappa shape index (κ1) is 19.4. The molecule has 7 heteroatoms. The monoisotopic (exact) mass is 434 g/mol. The van der Waals surface area contributed by atoms with Gasteiger partial charge < -0.3 is 9.88 Å². The van der Waals surface area contributed by atoms with E-state index in [1.807, 2.05) is 59.5 Å². The number of nitrogens with zero attached hydrogens (tertiary/aromatic N) is 4. The Morgan fingerprint density at radius 2 is 1.82 bits per heavy atom. The van der Waals surface area contributed by atoms with Gasteiger partial charge in [0.05, 0.1) is 12.1 Å². The highest BCUT2D eigenvalue weighted by atomic mass is 16.2. The van der Waals surface area contributed by atoms with Crippen LogP contribution in [0, 0.1) is 0 Å². The molecule has 3 aromatic heterocycles. The lowest BCUT2D eigenvalue weighted by Gasteiger charge is -2.35. The van der Waals surface area contributed by atoms with Crippen LogP contribution in [0.3, 0.4) is 0 Å². The van der Waals surface area contributed by atoms with Crippen LogP contribution >= 0.6 is 0 Å². The van der Waals surface area contributed by atoms with Crippen molar-refractivity contribution < 1.29 is 4.79 Å². The van der Waals surface area contributed by atoms with Crippen molar-refractivity contribution >= 4 is 16.8 Å². The molecule has 2 aromatic carbocycles. The van der Waals surface area contributed by atoms with Gasteiger partial charge in [0.25, 0.3) is 0 Å². The Morgan fingerprint density at radius 1 is 1.00 bits per heavy atom. The number of hydrogen-bond acceptors (Lipinski definition) is 4. The molecule has 0 bridgehead atoms. The summed E-state index contributed by atoms with van der Waals surface area (Å²) in [4.78, 5) is 28.2. The minimum atomic E-state index is -0.272. The van der Waals surface area contributed by atoms with Gasteiger partial charge in [-0.15, -0.1) is 0 Å². The fourth-order valence-electron chi connectivity index (χ4n) is 4.69. The summed E-state index contributed by atoms with van der Waals surface area (Å²) in [6.07, 6.45) is 2.72. The molecule has 1 atom stereocenters. The van der Waals surface area contributed by atoms with Gasteiger partial charge in [-0.05, 0) is 30.2 Å². The van der Waals surface area contributed by atoms with Crippen molar-refractivity contribution in [3.05, 3.63) is 102 Å². The lowest BCUT2D eigenvalue weighted by molar-refractivity contribution is -0.132. The second kappa shape index (κ2) is 8.02. The molecular weight excluding hydrogens is 412 g/mol. The fraction of sp³-hybridized carbons (Fsp3) is 0.154. The zero-order chi connectivity index (χ0) is 22.2. The first-order chi connectivity index (χ1) is 16.3. The quantitative estimate of drug-likeness (QED) is 0.446. The van der Waals surface area contributed by atoms with E-state index in [4.69, 9.17) is 0 Å². The standard InChI is InChI=1S/C26H22N6O/c33-23(16-22-29-26(31-30-22)17-8-2-1-3-9-17)32-15-13-19-18-10-4-5-11-20(18)28-24(19)25(32)21-12-6-7-14-27-21/h1-12,14,25,28H,13,15-16H2,(H,29,30,31). The Labute approximate surface area is 190 Å². The highest BCUT2D eigenvalue weighted by molar-refractivity contribution is 5.86. The van der Waals surface area contributed by atoms with Crippen LogP contribution in [-0.4, -0.2) is 42.5 Å². The fourth-order valence-corrected chi connectivity index (χ4v) is 4.69. The SMILES string of the molecule is O=C(Cc1nc(-c2ccccc2)n[nH]1)N1CCc2c([nH]c3ccccc23)C1c1ccccn1. The maximum Gasteiger partial charge on any atom is 0.231 e. The molecule has 4 heterocycles. The molecule has 7 nitrogen and oxygen atoms in total. The topological polar surface area (TPSA) is 90.6 Å². The van der Waals surface area contributed by atoms with Gasteiger partial charge in [0.1, 0.15) is 11.9 Å². The number of H-pyrrole nitrogens is 2. The molecule has 5 aromatic rings. The number of fused-ring (bicyclic) bond motifs is 3. The molecule has 0 saturated carbocycles. The molecule has 0 aliphatic carbocycles. The van der Waals surface area contributed by atoms with E-state index in [0.29, 0.717) is 18.2 Å². The zero-order valence-electron chi connectivity index (χ0n) is 17.9. The minimum absolute atomic E-state index is 0.00859. The maximum atomic E-state index is 13.5. The molecular formula is C26H22N6O. The van der Waals surface area contributed by atoms with Crippen LogP contribution in [0.5, 0.6) is 0 Å². The molecule has 1 aliphatic rings. The van der Waals surface area contributed by atoms with Crippen molar-refractivity contribution in [1.82, 2.24) is 30.0 Å². The first-order valence-corrected chi connectivity index (χ1v) is 11.0. The average Bonchev–Trinajstić information content (AvgIpc) is 3.49. The number of para-hydroxylation sites is 1. The third-order valence-corrected chi connectivity index (χ3v) is 6.21. The lowest BCUT2D eigenvalue weighted by Crippen LogP contribution is -2.41. The minimum Gasteiger partial charge on any atom is -0.356 e. The van der Waals surface area contributed by atoms with Crippen LogP contribution in [0.15, 0.2) is 79.0 Å². The van der Waals surface area contributed by atoms with E-state index in [1.54, 1.807) is 6.20 Å². The van der Waals surface area contributed by atoms with Gasteiger partial charge in [-0.1, -0.05) is 54.6 Å². The van der Waals surface area contributed by atoms with Crippen LogP contribution in [0.4, 0.5) is 0 Å². The third-order valence-electron chi connectivity index (χ3n) is 6.21. The average molecular weight is 435 g/mol. The van der Waals surface area contributed by atoms with E-state index in [-0.39, 0.29) is 18.4 Å². The van der Waals surface area contributed by atoms with E-state index in [2.05, 4.69) is 43.3 Å². The lowest BCUT2D eigenvalue weighted by atomic mass is 9.94. The Balaban J connectivity index is 1.34. The second-order valence-electron chi connectivity index (χ2n) is 8.21. The number of carbonyl (C=O) groups excluding carboxylic acids is 1. The summed E-state index contributed by atoms with van der Waals surface area (Å²) in [7, 11) is 0. The number of amides is 1. The van der Waals surface area contributed by atoms with Crippen molar-refractivity contribution in [2.45, 2.75) is 18.9 Å². The van der Waals surface area contributed by atoms with Crippen molar-refractivity contribution in [3.8, 4) is 11.4 Å². The van der Waals surface area contributed by atoms with Gasteiger partial charge in [0, 0.05) is 34.9 Å². The van der Waals surface area contributed by atoms with Crippen LogP contribution in [0.1, 0.15) is 28.8 Å². The van der Waals surface area contributed by atoms with E-state index < -0.39 is 0 Å². The zero-order valence-corrected chi connectivity index (χ0v) is 17.9. The van der Waals surface area contributed by atoms with Crippen molar-refractivity contribution in [1.29, 1.82) is 0 Å². The normalized spacial score (nSPS) is 15.5. The number of aromatic nitrogens is 5. The van der Waals surface area contributed by atoms with E-state index in [0.717, 1.165) is 28.9 Å². The molecule has 2 N–H and O–H groups in total. The molecule has 1 amide bonds. The molecule has 0 radical (unpaired) electrons. The van der Waals surface area contributed by atoms with Crippen molar-refractivity contribution in [2.75, 3.05) is 6.54 Å². The predicted molar refractivity (Wildman–Crippen MR) is 125 cm³/mol. The first-order valence-electron chi connectivity index (χ1n) is 11.0. The van der Waals surface area contributed by atoms with Crippen LogP contribution < -0.4 is 0 Å². The van der Waals surface area contributed by atoms with E-state index in [1.165, 1.54) is 10.9 Å². The Morgan fingerprint density at radius 3 is 2.67 bits per heavy atom. The Hall–Kier alpha value is -4.26. The molecule has 6 rings (SSSR count). The Bertz CT molecular complexity index is 1420. The summed E-state index contributed by atoms with van der Waals surface area (Å²) < 4.78 is 0. The van der Waals surface area contributed by atoms with Gasteiger partial charge in [-0.25, -0.2) is 4.98 Å². The summed E-state index contributed by atoms with van der Waals surface area (Å²) in [6, 6.07) is 23.6. The summed E-state index contributed by atoms with van der Waals surface area (Å²) in [5.41, 5.74) is 5.15. The van der Waals surface area contributed by atoms with Crippen LogP contribution in [-0.2, 0) is 17.6 Å². The highest BCUT2D eigenvalue weighted by Crippen LogP contribution is 2.37. The van der Waals surface area contributed by atoms with Gasteiger partial charge in [0.2, 0.25) is 5.91 Å². The number of aromatic amines is 2. The van der Waals surface area contributed by atoms with Crippen LogP contribution in [0.25, 0.3) is 22.3 Å². The molecule has 1 unspecified atom stereocenters. The number of carbonyl (C=O) groups is 1. The van der Waals surface area contributed by atoms with E-state index in [9.17, 15) is 4.79 Å². The maximum absolute atomic E-state index is 13.5. The molecule has 33 heavy (non-hydrogen) atoms. The number of nitrogens with one attached hydrogen (secondary N) is 2. The molecule has 162 valence electrons. The van der Waals surface area contributed by atoms with Crippen molar-refractivity contribution in [2.24, 2.45) is 0 Å². The summed E-state index contributed by atoms with van der Waals surface area (Å²) in [5.74, 6) is 1.14. The molecule has 0 saturated heterocycles. The largest absolute Gasteiger partial charge is 0.356 e. The molecule has 1 aliphatic heterocycles. The van der Waals surface area contributed by atoms with Gasteiger partial charge >= 0.3 is 0 Å². The molecule has 0 spiro atoms. The second-order valence-corrected chi connectivity index (χ2v) is 8.21. The van der Waals surface area contributed by atoms with Crippen molar-refractivity contribution in [3.63, 3.8) is 0 Å². The smallest absolute Gasteiger partial charge is 0.231 e. The number of pyridine rings is 1. The number of hydrogen-bond donors (Lipinski definition) is 2. The summed E-state index contributed by atoms with van der Waals surface area (Å²) in [6.45, 7) is 0.620. The predicted octanol–water partition coefficient (Wildman–Crippen LogP) is 4.06. The Kier molecular flexibility index (Phi) is 4.72. The van der Waals surface area contributed by atoms with Gasteiger partial charge in [-0.2, -0.15) is 5.10 Å².